The van der Waals surface area contributed by atoms with Crippen LogP contribution in [0.2, 0.25) is 0 Å². The molecule has 0 radical (unpaired) electrons. The fraction of sp³-hybridized carbons (Fsp3) is 0.700. The summed E-state index contributed by atoms with van der Waals surface area (Å²) in [5.74, 6) is 0.974. The van der Waals surface area contributed by atoms with E-state index in [4.69, 9.17) is 4.74 Å². The summed E-state index contributed by atoms with van der Waals surface area (Å²) >= 11 is 0. The third kappa shape index (κ3) is 3.89. The summed E-state index contributed by atoms with van der Waals surface area (Å²) in [4.78, 5) is 18.6. The Kier molecular flexibility index (Phi) is 5.23. The van der Waals surface area contributed by atoms with Gasteiger partial charge in [-0.25, -0.2) is 0 Å². The Hall–Kier alpha value is -1.86. The van der Waals surface area contributed by atoms with E-state index in [1.165, 1.54) is 0 Å². The van der Waals surface area contributed by atoms with Crippen LogP contribution < -0.4 is 9.64 Å². The fourth-order valence-corrected chi connectivity index (χ4v) is 4.52. The van der Waals surface area contributed by atoms with Gasteiger partial charge in [-0.15, -0.1) is 0 Å². The van der Waals surface area contributed by atoms with Gasteiger partial charge in [-0.2, -0.15) is 0 Å². The second-order valence-electron chi connectivity index (χ2n) is 8.17. The minimum atomic E-state index is -0.264. The number of hydrogen-bond acceptors (Lipinski definition) is 6. The molecule has 7 heteroatoms. The minimum absolute atomic E-state index is 0.213. The lowest BCUT2D eigenvalue weighted by atomic mass is 10.00. The summed E-state index contributed by atoms with van der Waals surface area (Å²) in [5.41, 5.74) is 2.13. The molecule has 0 aromatic heterocycles. The van der Waals surface area contributed by atoms with E-state index in [0.717, 1.165) is 76.2 Å². The molecule has 1 aliphatic carbocycles. The third-order valence-corrected chi connectivity index (χ3v) is 6.40. The molecular weight excluding hydrogens is 344 g/mol. The Morgan fingerprint density at radius 2 is 1.70 bits per heavy atom. The zero-order chi connectivity index (χ0) is 19.0. The first-order chi connectivity index (χ1) is 13.1. The van der Waals surface area contributed by atoms with Gasteiger partial charge in [0, 0.05) is 50.9 Å². The van der Waals surface area contributed by atoms with Crippen LogP contribution in [0.3, 0.4) is 0 Å². The number of benzene rings is 1. The molecule has 7 nitrogen and oxygen atoms in total. The molecule has 0 unspecified atom stereocenters. The van der Waals surface area contributed by atoms with Gasteiger partial charge in [-0.05, 0) is 44.7 Å². The summed E-state index contributed by atoms with van der Waals surface area (Å²) < 4.78 is 5.54. The van der Waals surface area contributed by atoms with Crippen molar-refractivity contribution in [2.24, 2.45) is 0 Å². The number of nitro groups is 1. The summed E-state index contributed by atoms with van der Waals surface area (Å²) in [6.07, 6.45) is 4.39. The normalized spacial score (nSPS) is 22.8. The average Bonchev–Trinajstić information content (AvgIpc) is 3.53. The molecule has 27 heavy (non-hydrogen) atoms. The molecular formula is C20H30N4O3. The van der Waals surface area contributed by atoms with Crippen LogP contribution in [0.4, 0.5) is 11.4 Å². The maximum atomic E-state index is 11.5. The molecule has 0 bridgehead atoms. The van der Waals surface area contributed by atoms with Gasteiger partial charge in [-0.3, -0.25) is 15.0 Å². The number of rotatable bonds is 5. The molecule has 1 aromatic rings. The zero-order valence-corrected chi connectivity index (χ0v) is 16.4. The molecule has 2 aliphatic heterocycles. The van der Waals surface area contributed by atoms with Gasteiger partial charge in [0.15, 0.2) is 0 Å². The van der Waals surface area contributed by atoms with Gasteiger partial charge in [0.2, 0.25) is 0 Å². The fourth-order valence-electron chi connectivity index (χ4n) is 4.52. The first kappa shape index (κ1) is 18.5. The Morgan fingerprint density at radius 3 is 2.26 bits per heavy atom. The number of hydrogen-bond donors (Lipinski definition) is 0. The SMILES string of the molecule is COc1cc([N+](=O)[O-])c(C2CC2)cc1N1CCC(N2CCN(C)CC2)CC1. The summed E-state index contributed by atoms with van der Waals surface area (Å²) in [6.45, 7) is 6.59. The maximum Gasteiger partial charge on any atom is 0.276 e. The van der Waals surface area contributed by atoms with Crippen molar-refractivity contribution in [2.75, 3.05) is 58.3 Å². The van der Waals surface area contributed by atoms with E-state index >= 15 is 0 Å². The first-order valence-corrected chi connectivity index (χ1v) is 10.1. The highest BCUT2D eigenvalue weighted by Gasteiger charge is 2.34. The monoisotopic (exact) mass is 374 g/mol. The van der Waals surface area contributed by atoms with Crippen molar-refractivity contribution in [1.82, 2.24) is 9.80 Å². The Bertz CT molecular complexity index is 691. The average molecular weight is 374 g/mol. The smallest absolute Gasteiger partial charge is 0.276 e. The van der Waals surface area contributed by atoms with Gasteiger partial charge < -0.3 is 14.5 Å². The third-order valence-electron chi connectivity index (χ3n) is 6.40. The molecule has 3 aliphatic rings. The van der Waals surface area contributed by atoms with E-state index in [2.05, 4.69) is 21.7 Å². The van der Waals surface area contributed by atoms with Crippen LogP contribution in [0.5, 0.6) is 5.75 Å². The summed E-state index contributed by atoms with van der Waals surface area (Å²) in [5, 5.41) is 11.5. The van der Waals surface area contributed by atoms with Gasteiger partial charge in [0.25, 0.3) is 5.69 Å². The number of piperazine rings is 1. The topological polar surface area (TPSA) is 62.1 Å². The Morgan fingerprint density at radius 1 is 1.04 bits per heavy atom. The number of nitrogens with zero attached hydrogens (tertiary/aromatic N) is 4. The number of anilines is 1. The second kappa shape index (κ2) is 7.64. The molecule has 3 fully saturated rings. The van der Waals surface area contributed by atoms with Crippen molar-refractivity contribution in [3.05, 3.63) is 27.8 Å². The van der Waals surface area contributed by atoms with Crippen LogP contribution in [0.15, 0.2) is 12.1 Å². The second-order valence-corrected chi connectivity index (χ2v) is 8.17. The van der Waals surface area contributed by atoms with E-state index in [1.54, 1.807) is 13.2 Å². The number of nitro benzene ring substituents is 1. The van der Waals surface area contributed by atoms with Crippen LogP contribution in [0.1, 0.15) is 37.2 Å². The highest BCUT2D eigenvalue weighted by molar-refractivity contribution is 5.67. The number of piperidine rings is 1. The first-order valence-electron chi connectivity index (χ1n) is 10.1. The summed E-state index contributed by atoms with van der Waals surface area (Å²) in [6, 6.07) is 4.32. The molecule has 2 heterocycles. The number of ether oxygens (including phenoxy) is 1. The molecule has 1 saturated carbocycles. The predicted octanol–water partition coefficient (Wildman–Crippen LogP) is 2.70. The van der Waals surface area contributed by atoms with Crippen molar-refractivity contribution in [2.45, 2.75) is 37.6 Å². The van der Waals surface area contributed by atoms with Gasteiger partial charge >= 0.3 is 0 Å². The van der Waals surface area contributed by atoms with Crippen molar-refractivity contribution in [1.29, 1.82) is 0 Å². The maximum absolute atomic E-state index is 11.5. The number of likely N-dealkylation sites (N-methyl/N-ethyl adjacent to an activating group) is 1. The van der Waals surface area contributed by atoms with Crippen LogP contribution in [0.25, 0.3) is 0 Å². The Balaban J connectivity index is 1.49. The molecule has 0 spiro atoms. The molecule has 4 rings (SSSR count). The van der Waals surface area contributed by atoms with Gasteiger partial charge in [0.1, 0.15) is 5.75 Å². The van der Waals surface area contributed by atoms with Crippen LogP contribution in [0, 0.1) is 10.1 Å². The largest absolute Gasteiger partial charge is 0.494 e. The van der Waals surface area contributed by atoms with Crippen molar-refractivity contribution in [3.8, 4) is 5.75 Å². The minimum Gasteiger partial charge on any atom is -0.494 e. The van der Waals surface area contributed by atoms with Crippen LogP contribution in [-0.2, 0) is 0 Å². The lowest BCUT2D eigenvalue weighted by Crippen LogP contribution is -2.52. The van der Waals surface area contributed by atoms with E-state index in [0.29, 0.717) is 17.7 Å². The molecule has 1 aromatic carbocycles. The zero-order valence-electron chi connectivity index (χ0n) is 16.4. The van der Waals surface area contributed by atoms with E-state index < -0.39 is 0 Å². The molecule has 2 saturated heterocycles. The molecule has 0 N–H and O–H groups in total. The molecule has 0 amide bonds. The molecule has 148 valence electrons. The van der Waals surface area contributed by atoms with E-state index in [9.17, 15) is 10.1 Å². The van der Waals surface area contributed by atoms with E-state index in [-0.39, 0.29) is 10.6 Å². The lowest BCUT2D eigenvalue weighted by molar-refractivity contribution is -0.385. The van der Waals surface area contributed by atoms with Crippen LogP contribution in [-0.4, -0.2) is 74.2 Å². The van der Waals surface area contributed by atoms with Crippen molar-refractivity contribution in [3.63, 3.8) is 0 Å². The summed E-state index contributed by atoms with van der Waals surface area (Å²) in [7, 11) is 3.80. The van der Waals surface area contributed by atoms with E-state index in [1.807, 2.05) is 6.07 Å². The standard InChI is InChI=1S/C20H30N4O3/c1-21-9-11-22(12-10-21)16-5-7-23(8-6-16)19-13-17(15-3-4-15)18(24(25)26)14-20(19)27-2/h13-16H,3-12H2,1-2H3. The quantitative estimate of drug-likeness (QED) is 0.583. The molecule has 0 atom stereocenters. The van der Waals surface area contributed by atoms with Crippen molar-refractivity contribution >= 4 is 11.4 Å². The van der Waals surface area contributed by atoms with Crippen LogP contribution >= 0.6 is 0 Å². The van der Waals surface area contributed by atoms with Gasteiger partial charge in [0.05, 0.1) is 23.8 Å². The highest BCUT2D eigenvalue weighted by atomic mass is 16.6. The highest BCUT2D eigenvalue weighted by Crippen LogP contribution is 2.48. The lowest BCUT2D eigenvalue weighted by Gasteiger charge is -2.42. The van der Waals surface area contributed by atoms with Gasteiger partial charge in [-0.1, -0.05) is 0 Å². The predicted molar refractivity (Wildman–Crippen MR) is 106 cm³/mol. The Labute approximate surface area is 161 Å². The van der Waals surface area contributed by atoms with Crippen molar-refractivity contribution < 1.29 is 9.66 Å². The number of methoxy groups -OCH3 is 1.